The number of hydrogen-bond donors (Lipinski definition) is 1. The molecule has 0 saturated heterocycles. The van der Waals surface area contributed by atoms with E-state index < -0.39 is 12.1 Å². The van der Waals surface area contributed by atoms with E-state index in [2.05, 4.69) is 19.2 Å². The van der Waals surface area contributed by atoms with Crippen LogP contribution in [0.5, 0.6) is 0 Å². The van der Waals surface area contributed by atoms with Gasteiger partial charge >= 0.3 is 12.1 Å². The van der Waals surface area contributed by atoms with E-state index in [0.717, 1.165) is 25.7 Å². The number of ether oxygens (including phenoxy) is 2. The van der Waals surface area contributed by atoms with Crippen LogP contribution in [0.1, 0.15) is 131 Å². The molecular formula is C26H51NO4. The van der Waals surface area contributed by atoms with Gasteiger partial charge in [0.15, 0.2) is 0 Å². The first-order chi connectivity index (χ1) is 14.8. The van der Waals surface area contributed by atoms with Crippen molar-refractivity contribution in [3.8, 4) is 0 Å². The summed E-state index contributed by atoms with van der Waals surface area (Å²) in [4.78, 5) is 24.4. The highest BCUT2D eigenvalue weighted by Gasteiger charge is 2.23. The van der Waals surface area contributed by atoms with E-state index in [9.17, 15) is 9.59 Å². The Bertz CT molecular complexity index is 445. The van der Waals surface area contributed by atoms with Gasteiger partial charge in [0, 0.05) is 0 Å². The molecule has 1 unspecified atom stereocenters. The van der Waals surface area contributed by atoms with Gasteiger partial charge in [-0.15, -0.1) is 0 Å². The molecule has 1 atom stereocenters. The fourth-order valence-corrected chi connectivity index (χ4v) is 3.34. The second kappa shape index (κ2) is 19.4. The van der Waals surface area contributed by atoms with Crippen molar-refractivity contribution in [1.82, 2.24) is 5.32 Å². The molecule has 0 aromatic carbocycles. The number of rotatable bonds is 19. The molecule has 0 radical (unpaired) electrons. The van der Waals surface area contributed by atoms with Gasteiger partial charge in [0.1, 0.15) is 6.04 Å². The second-order valence-corrected chi connectivity index (χ2v) is 10.0. The van der Waals surface area contributed by atoms with Crippen LogP contribution in [0.25, 0.3) is 0 Å². The van der Waals surface area contributed by atoms with Crippen molar-refractivity contribution in [2.45, 2.75) is 137 Å². The van der Waals surface area contributed by atoms with Crippen molar-refractivity contribution in [2.75, 3.05) is 13.2 Å². The highest BCUT2D eigenvalue weighted by Crippen LogP contribution is 2.14. The van der Waals surface area contributed by atoms with Crippen LogP contribution < -0.4 is 5.32 Å². The summed E-state index contributed by atoms with van der Waals surface area (Å²) < 4.78 is 10.7. The maximum Gasteiger partial charge on any atom is 0.407 e. The average molecular weight is 442 g/mol. The van der Waals surface area contributed by atoms with Gasteiger partial charge in [-0.3, -0.25) is 0 Å². The zero-order valence-electron chi connectivity index (χ0n) is 21.2. The Balaban J connectivity index is 3.86. The summed E-state index contributed by atoms with van der Waals surface area (Å²) in [5.74, 6) is -0.343. The van der Waals surface area contributed by atoms with Gasteiger partial charge in [0.25, 0.3) is 0 Å². The quantitative estimate of drug-likeness (QED) is 0.166. The lowest BCUT2D eigenvalue weighted by molar-refractivity contribution is -0.146. The van der Waals surface area contributed by atoms with Crippen LogP contribution in [0, 0.1) is 5.41 Å². The number of carbonyl (C=O) groups is 2. The average Bonchev–Trinajstić information content (AvgIpc) is 2.72. The first-order valence-electron chi connectivity index (χ1n) is 12.9. The predicted octanol–water partition coefficient (Wildman–Crippen LogP) is 7.56. The minimum absolute atomic E-state index is 0.106. The minimum Gasteiger partial charge on any atom is -0.464 e. The molecule has 5 nitrogen and oxygen atoms in total. The normalized spacial score (nSPS) is 12.4. The molecule has 0 aliphatic carbocycles. The zero-order chi connectivity index (χ0) is 23.4. The number of esters is 1. The van der Waals surface area contributed by atoms with E-state index in [0.29, 0.717) is 19.6 Å². The predicted molar refractivity (Wildman–Crippen MR) is 129 cm³/mol. The Morgan fingerprint density at radius 3 is 1.68 bits per heavy atom. The van der Waals surface area contributed by atoms with Crippen LogP contribution in [0.4, 0.5) is 4.79 Å². The standard InChI is InChI=1S/C26H51NO4/c1-6-8-10-11-12-13-14-15-16-17-18-19-21-30-24(28)23(20-9-7-2)27-25(29)31-22-26(3,4)5/h23H,6-22H2,1-5H3,(H,27,29). The van der Waals surface area contributed by atoms with E-state index >= 15 is 0 Å². The molecule has 5 heteroatoms. The molecule has 0 saturated carbocycles. The van der Waals surface area contributed by atoms with E-state index in [1.54, 1.807) is 0 Å². The molecular weight excluding hydrogens is 390 g/mol. The molecule has 0 heterocycles. The van der Waals surface area contributed by atoms with Gasteiger partial charge in [0.2, 0.25) is 0 Å². The van der Waals surface area contributed by atoms with E-state index in [-0.39, 0.29) is 11.4 Å². The lowest BCUT2D eigenvalue weighted by Crippen LogP contribution is -2.42. The number of unbranched alkanes of at least 4 members (excludes halogenated alkanes) is 12. The molecule has 31 heavy (non-hydrogen) atoms. The molecule has 0 aliphatic rings. The number of carbonyl (C=O) groups excluding carboxylic acids is 2. The van der Waals surface area contributed by atoms with Gasteiger partial charge in [0.05, 0.1) is 13.2 Å². The maximum atomic E-state index is 12.4. The molecule has 0 bridgehead atoms. The van der Waals surface area contributed by atoms with E-state index in [1.165, 1.54) is 64.2 Å². The zero-order valence-corrected chi connectivity index (χ0v) is 21.2. The van der Waals surface area contributed by atoms with E-state index in [1.807, 2.05) is 20.8 Å². The third kappa shape index (κ3) is 20.4. The summed E-state index contributed by atoms with van der Waals surface area (Å²) in [7, 11) is 0. The molecule has 1 N–H and O–H groups in total. The largest absolute Gasteiger partial charge is 0.464 e. The Kier molecular flexibility index (Phi) is 18.6. The summed E-state index contributed by atoms with van der Waals surface area (Å²) in [6, 6.07) is -0.621. The maximum absolute atomic E-state index is 12.4. The van der Waals surface area contributed by atoms with Crippen molar-refractivity contribution in [3.05, 3.63) is 0 Å². The van der Waals surface area contributed by atoms with Crippen molar-refractivity contribution in [1.29, 1.82) is 0 Å². The Hall–Kier alpha value is -1.26. The number of hydrogen-bond acceptors (Lipinski definition) is 4. The van der Waals surface area contributed by atoms with Gasteiger partial charge in [-0.05, 0) is 18.3 Å². The van der Waals surface area contributed by atoms with Gasteiger partial charge in [-0.1, -0.05) is 118 Å². The monoisotopic (exact) mass is 441 g/mol. The van der Waals surface area contributed by atoms with Gasteiger partial charge in [-0.2, -0.15) is 0 Å². The summed E-state index contributed by atoms with van der Waals surface area (Å²) >= 11 is 0. The number of alkyl carbamates (subject to hydrolysis) is 1. The van der Waals surface area contributed by atoms with Crippen LogP contribution in [-0.2, 0) is 14.3 Å². The lowest BCUT2D eigenvalue weighted by Gasteiger charge is -2.21. The summed E-state index contributed by atoms with van der Waals surface area (Å²) in [6.07, 6.45) is 17.2. The van der Waals surface area contributed by atoms with Crippen molar-refractivity contribution >= 4 is 12.1 Å². The summed E-state index contributed by atoms with van der Waals surface area (Å²) in [5.41, 5.74) is -0.106. The first-order valence-corrected chi connectivity index (χ1v) is 12.9. The van der Waals surface area contributed by atoms with E-state index in [4.69, 9.17) is 9.47 Å². The fourth-order valence-electron chi connectivity index (χ4n) is 3.34. The number of nitrogens with one attached hydrogen (secondary N) is 1. The Morgan fingerprint density at radius 2 is 1.19 bits per heavy atom. The Labute approximate surface area is 192 Å². The second-order valence-electron chi connectivity index (χ2n) is 10.0. The van der Waals surface area contributed by atoms with Crippen LogP contribution in [-0.4, -0.2) is 31.3 Å². The van der Waals surface area contributed by atoms with Crippen LogP contribution in [0.15, 0.2) is 0 Å². The Morgan fingerprint density at radius 1 is 0.710 bits per heavy atom. The number of amides is 1. The smallest absolute Gasteiger partial charge is 0.407 e. The minimum atomic E-state index is -0.621. The third-order valence-corrected chi connectivity index (χ3v) is 5.30. The van der Waals surface area contributed by atoms with Crippen LogP contribution in [0.2, 0.25) is 0 Å². The fraction of sp³-hybridized carbons (Fsp3) is 0.923. The topological polar surface area (TPSA) is 64.6 Å². The van der Waals surface area contributed by atoms with Crippen LogP contribution in [0.3, 0.4) is 0 Å². The SMILES string of the molecule is CCCCCCCCCCCCCCOC(=O)C(CCCC)NC(=O)OCC(C)(C)C. The van der Waals surface area contributed by atoms with Crippen molar-refractivity contribution < 1.29 is 19.1 Å². The molecule has 184 valence electrons. The van der Waals surface area contributed by atoms with Crippen LogP contribution >= 0.6 is 0 Å². The lowest BCUT2D eigenvalue weighted by atomic mass is 9.99. The highest BCUT2D eigenvalue weighted by atomic mass is 16.6. The summed E-state index contributed by atoms with van der Waals surface area (Å²) in [6.45, 7) is 11.1. The van der Waals surface area contributed by atoms with Crippen molar-refractivity contribution in [2.24, 2.45) is 5.41 Å². The molecule has 0 aromatic heterocycles. The van der Waals surface area contributed by atoms with Gasteiger partial charge < -0.3 is 14.8 Å². The summed E-state index contributed by atoms with van der Waals surface area (Å²) in [5, 5.41) is 2.69. The highest BCUT2D eigenvalue weighted by molar-refractivity contribution is 5.81. The molecule has 0 rings (SSSR count). The van der Waals surface area contributed by atoms with Gasteiger partial charge in [-0.25, -0.2) is 9.59 Å². The molecule has 0 fully saturated rings. The molecule has 0 spiro atoms. The molecule has 1 amide bonds. The first kappa shape index (κ1) is 29.7. The molecule has 0 aromatic rings. The third-order valence-electron chi connectivity index (χ3n) is 5.30. The van der Waals surface area contributed by atoms with Crippen molar-refractivity contribution in [3.63, 3.8) is 0 Å². The molecule has 0 aliphatic heterocycles.